The normalized spacial score (nSPS) is 10.8. The molecule has 0 aliphatic carbocycles. The predicted molar refractivity (Wildman–Crippen MR) is 74.0 cm³/mol. The molecule has 0 spiro atoms. The second kappa shape index (κ2) is 5.31. The standard InChI is InChI=1S/C14H16N4/c1-4-10-18(5-2)13-8-6-12(7-9-13)14-15-11(3)16-17-14/h4-10H,2H2,1,3H3,(H,15,16,17)/b10-4-. The number of hydrogen-bond acceptors (Lipinski definition) is 3. The van der Waals surface area contributed by atoms with E-state index in [0.717, 1.165) is 22.9 Å². The van der Waals surface area contributed by atoms with Gasteiger partial charge in [0, 0.05) is 23.7 Å². The second-order valence-corrected chi connectivity index (χ2v) is 3.86. The Kier molecular flexibility index (Phi) is 3.57. The van der Waals surface area contributed by atoms with Crippen LogP contribution in [0.4, 0.5) is 5.69 Å². The Morgan fingerprint density at radius 3 is 2.50 bits per heavy atom. The SMILES string of the molecule is C=CN(/C=C\C)c1ccc(-c2n[nH]c(C)n2)cc1. The average Bonchev–Trinajstić information content (AvgIpc) is 2.83. The third-order valence-corrected chi connectivity index (χ3v) is 2.53. The number of allylic oxidation sites excluding steroid dienone is 1. The van der Waals surface area contributed by atoms with Crippen LogP contribution in [0.2, 0.25) is 0 Å². The molecule has 0 saturated carbocycles. The Labute approximate surface area is 107 Å². The van der Waals surface area contributed by atoms with Crippen LogP contribution in [0, 0.1) is 6.92 Å². The lowest BCUT2D eigenvalue weighted by molar-refractivity contribution is 1.04. The molecule has 4 heteroatoms. The molecule has 1 heterocycles. The molecule has 0 amide bonds. The topological polar surface area (TPSA) is 44.8 Å². The van der Waals surface area contributed by atoms with Crippen molar-refractivity contribution in [2.75, 3.05) is 4.90 Å². The van der Waals surface area contributed by atoms with E-state index in [1.807, 2.05) is 55.3 Å². The van der Waals surface area contributed by atoms with Crippen molar-refractivity contribution in [2.45, 2.75) is 13.8 Å². The van der Waals surface area contributed by atoms with Crippen molar-refractivity contribution in [1.29, 1.82) is 0 Å². The largest absolute Gasteiger partial charge is 0.325 e. The van der Waals surface area contributed by atoms with Gasteiger partial charge in [0.1, 0.15) is 5.82 Å². The maximum Gasteiger partial charge on any atom is 0.181 e. The van der Waals surface area contributed by atoms with Gasteiger partial charge >= 0.3 is 0 Å². The van der Waals surface area contributed by atoms with E-state index in [1.54, 1.807) is 6.20 Å². The molecule has 2 rings (SSSR count). The van der Waals surface area contributed by atoms with Crippen LogP contribution in [0.3, 0.4) is 0 Å². The number of H-pyrrole nitrogens is 1. The lowest BCUT2D eigenvalue weighted by atomic mass is 10.2. The summed E-state index contributed by atoms with van der Waals surface area (Å²) in [6.45, 7) is 7.64. The van der Waals surface area contributed by atoms with Gasteiger partial charge in [-0.15, -0.1) is 0 Å². The van der Waals surface area contributed by atoms with Crippen LogP contribution in [0.15, 0.2) is 49.3 Å². The van der Waals surface area contributed by atoms with E-state index in [4.69, 9.17) is 0 Å². The Morgan fingerprint density at radius 1 is 1.28 bits per heavy atom. The third-order valence-electron chi connectivity index (χ3n) is 2.53. The number of aryl methyl sites for hydroxylation is 1. The molecule has 2 aromatic rings. The first-order chi connectivity index (χ1) is 8.74. The number of anilines is 1. The first-order valence-corrected chi connectivity index (χ1v) is 5.77. The molecule has 1 aromatic heterocycles. The van der Waals surface area contributed by atoms with Crippen molar-refractivity contribution < 1.29 is 0 Å². The lowest BCUT2D eigenvalue weighted by Crippen LogP contribution is -2.05. The minimum Gasteiger partial charge on any atom is -0.325 e. The Hall–Kier alpha value is -2.36. The highest BCUT2D eigenvalue weighted by molar-refractivity contribution is 5.61. The molecular formula is C14H16N4. The van der Waals surface area contributed by atoms with E-state index in [0.29, 0.717) is 0 Å². The molecule has 0 radical (unpaired) electrons. The van der Waals surface area contributed by atoms with E-state index in [-0.39, 0.29) is 0 Å². The number of aromatic amines is 1. The zero-order valence-corrected chi connectivity index (χ0v) is 10.6. The number of aromatic nitrogens is 3. The summed E-state index contributed by atoms with van der Waals surface area (Å²) < 4.78 is 0. The van der Waals surface area contributed by atoms with Crippen LogP contribution in [0.1, 0.15) is 12.7 Å². The summed E-state index contributed by atoms with van der Waals surface area (Å²) in [5.41, 5.74) is 2.05. The maximum absolute atomic E-state index is 4.30. The second-order valence-electron chi connectivity index (χ2n) is 3.86. The van der Waals surface area contributed by atoms with Crippen LogP contribution in [0.5, 0.6) is 0 Å². The smallest absolute Gasteiger partial charge is 0.181 e. The van der Waals surface area contributed by atoms with Crippen LogP contribution in [-0.2, 0) is 0 Å². The monoisotopic (exact) mass is 240 g/mol. The van der Waals surface area contributed by atoms with Crippen molar-refractivity contribution in [3.8, 4) is 11.4 Å². The zero-order chi connectivity index (χ0) is 13.0. The van der Waals surface area contributed by atoms with Gasteiger partial charge in [0.2, 0.25) is 0 Å². The molecule has 18 heavy (non-hydrogen) atoms. The van der Waals surface area contributed by atoms with Gasteiger partial charge in [0.25, 0.3) is 0 Å². The van der Waals surface area contributed by atoms with Crippen LogP contribution < -0.4 is 4.90 Å². The minimum absolute atomic E-state index is 0.718. The third kappa shape index (κ3) is 2.48. The van der Waals surface area contributed by atoms with E-state index in [2.05, 4.69) is 21.8 Å². The van der Waals surface area contributed by atoms with E-state index < -0.39 is 0 Å². The van der Waals surface area contributed by atoms with Crippen LogP contribution in [-0.4, -0.2) is 15.2 Å². The van der Waals surface area contributed by atoms with E-state index in [9.17, 15) is 0 Å². The van der Waals surface area contributed by atoms with Crippen molar-refractivity contribution in [3.63, 3.8) is 0 Å². The number of rotatable bonds is 4. The highest BCUT2D eigenvalue weighted by atomic mass is 15.2. The van der Waals surface area contributed by atoms with E-state index >= 15 is 0 Å². The van der Waals surface area contributed by atoms with Gasteiger partial charge in [-0.2, -0.15) is 5.10 Å². The van der Waals surface area contributed by atoms with Gasteiger partial charge in [-0.3, -0.25) is 5.10 Å². The van der Waals surface area contributed by atoms with Gasteiger partial charge in [-0.05, 0) is 38.1 Å². The fourth-order valence-electron chi connectivity index (χ4n) is 1.67. The Morgan fingerprint density at radius 2 is 2.00 bits per heavy atom. The summed E-state index contributed by atoms with van der Waals surface area (Å²) >= 11 is 0. The maximum atomic E-state index is 4.30. The van der Waals surface area contributed by atoms with Crippen molar-refractivity contribution in [2.24, 2.45) is 0 Å². The lowest BCUT2D eigenvalue weighted by Gasteiger charge is -2.14. The zero-order valence-electron chi connectivity index (χ0n) is 10.6. The summed E-state index contributed by atoms with van der Waals surface area (Å²) in [7, 11) is 0. The number of hydrogen-bond donors (Lipinski definition) is 1. The Bertz CT molecular complexity index is 551. The molecule has 92 valence electrons. The summed E-state index contributed by atoms with van der Waals surface area (Å²) in [6, 6.07) is 8.03. The molecule has 0 aliphatic heterocycles. The van der Waals surface area contributed by atoms with Crippen molar-refractivity contribution >= 4 is 5.69 Å². The van der Waals surface area contributed by atoms with E-state index in [1.165, 1.54) is 0 Å². The number of benzene rings is 1. The van der Waals surface area contributed by atoms with Gasteiger partial charge in [-0.1, -0.05) is 12.7 Å². The summed E-state index contributed by atoms with van der Waals surface area (Å²) in [5.74, 6) is 1.53. The van der Waals surface area contributed by atoms with Crippen LogP contribution in [0.25, 0.3) is 11.4 Å². The Balaban J connectivity index is 2.27. The molecule has 1 aromatic carbocycles. The number of nitrogens with one attached hydrogen (secondary N) is 1. The first kappa shape index (κ1) is 12.1. The highest BCUT2D eigenvalue weighted by Crippen LogP contribution is 2.21. The minimum atomic E-state index is 0.718. The first-order valence-electron chi connectivity index (χ1n) is 5.77. The predicted octanol–water partition coefficient (Wildman–Crippen LogP) is 3.26. The average molecular weight is 240 g/mol. The molecule has 0 unspecified atom stereocenters. The highest BCUT2D eigenvalue weighted by Gasteiger charge is 2.04. The summed E-state index contributed by atoms with van der Waals surface area (Å²) in [5, 5.41) is 6.97. The van der Waals surface area contributed by atoms with Gasteiger partial charge in [0.15, 0.2) is 5.82 Å². The molecule has 0 saturated heterocycles. The van der Waals surface area contributed by atoms with Gasteiger partial charge in [0.05, 0.1) is 0 Å². The molecular weight excluding hydrogens is 224 g/mol. The molecule has 0 fully saturated rings. The number of nitrogens with zero attached hydrogens (tertiary/aromatic N) is 3. The molecule has 4 nitrogen and oxygen atoms in total. The van der Waals surface area contributed by atoms with Crippen molar-refractivity contribution in [1.82, 2.24) is 15.2 Å². The van der Waals surface area contributed by atoms with Crippen LogP contribution >= 0.6 is 0 Å². The fourth-order valence-corrected chi connectivity index (χ4v) is 1.67. The molecule has 1 N–H and O–H groups in total. The van der Waals surface area contributed by atoms with Gasteiger partial charge in [-0.25, -0.2) is 4.98 Å². The molecule has 0 bridgehead atoms. The fraction of sp³-hybridized carbons (Fsp3) is 0.143. The quantitative estimate of drug-likeness (QED) is 0.892. The van der Waals surface area contributed by atoms with Gasteiger partial charge < -0.3 is 4.90 Å². The van der Waals surface area contributed by atoms with Crippen molar-refractivity contribution in [3.05, 3.63) is 55.1 Å². The summed E-state index contributed by atoms with van der Waals surface area (Å²) in [4.78, 5) is 6.25. The summed E-state index contributed by atoms with van der Waals surface area (Å²) in [6.07, 6.45) is 5.69. The molecule has 0 atom stereocenters. The molecule has 0 aliphatic rings.